The van der Waals surface area contributed by atoms with E-state index in [0.29, 0.717) is 5.75 Å². The summed E-state index contributed by atoms with van der Waals surface area (Å²) in [6.07, 6.45) is 3.48. The summed E-state index contributed by atoms with van der Waals surface area (Å²) in [6.45, 7) is 2.77. The number of furan rings is 1. The van der Waals surface area contributed by atoms with Crippen LogP contribution < -0.4 is 10.1 Å². The van der Waals surface area contributed by atoms with Gasteiger partial charge in [0.2, 0.25) is 5.76 Å². The van der Waals surface area contributed by atoms with Gasteiger partial charge < -0.3 is 55.3 Å². The first kappa shape index (κ1) is 90.5. The van der Waals surface area contributed by atoms with E-state index in [2.05, 4.69) is 10.3 Å². The number of benzene rings is 1. The summed E-state index contributed by atoms with van der Waals surface area (Å²) < 4.78 is 10.4. The molecule has 0 fully saturated rings. The SMILES string of the molecule is CO.CO.CO.CO.CO.CO.CO.CO.Cc1c(NC2=NCCC2)cccc1OC(=O)c1ccco1.Cl.Cl.Cl.Cl.Cl.Cl.Cl.Cl. The molecule has 0 amide bonds. The standard InChI is InChI=1S/C16H16N2O3.8CH4O.8ClH/c1-11-12(18-15-8-3-9-17-15)5-2-6-13(11)21-16(19)14-7-4-10-20-14;8*1-2;;;;;;;;/h2,4-7,10H,3,8-9H2,1H3,(H,17,18);8*2H,1H3;8*1H. The predicted molar refractivity (Wildman–Crippen MR) is 203 cm³/mol. The van der Waals surface area contributed by atoms with E-state index in [4.69, 9.17) is 50.0 Å². The van der Waals surface area contributed by atoms with Crippen molar-refractivity contribution in [1.82, 2.24) is 0 Å². The van der Waals surface area contributed by atoms with Crippen molar-refractivity contribution in [3.8, 4) is 5.75 Å². The molecule has 3 rings (SSSR count). The molecule has 0 bridgehead atoms. The fourth-order valence-electron chi connectivity index (χ4n) is 2.20. The number of halogens is 8. The Morgan fingerprint density at radius 1 is 0.689 bits per heavy atom. The molecule has 1 aromatic heterocycles. The molecule has 13 nitrogen and oxygen atoms in total. The van der Waals surface area contributed by atoms with Crippen LogP contribution in [0.3, 0.4) is 0 Å². The fraction of sp³-hybridized carbons (Fsp3) is 0.500. The monoisotopic (exact) mass is 828 g/mol. The number of carbonyl (C=O) groups is 1. The Morgan fingerprint density at radius 3 is 1.44 bits per heavy atom. The van der Waals surface area contributed by atoms with E-state index < -0.39 is 5.97 Å². The highest BCUT2D eigenvalue weighted by molar-refractivity contribution is 5.97. The van der Waals surface area contributed by atoms with E-state index in [9.17, 15) is 4.79 Å². The molecular weight excluding hydrogens is 776 g/mol. The van der Waals surface area contributed by atoms with Gasteiger partial charge in [-0.15, -0.1) is 99.3 Å². The summed E-state index contributed by atoms with van der Waals surface area (Å²) in [5.41, 5.74) is 1.77. The van der Waals surface area contributed by atoms with Crippen LogP contribution in [0, 0.1) is 6.92 Å². The number of nitrogens with one attached hydrogen (secondary N) is 1. The zero-order chi connectivity index (χ0) is 30.7. The number of nitrogens with zero attached hydrogens (tertiary/aromatic N) is 1. The smallest absolute Gasteiger partial charge is 0.379 e. The first-order chi connectivity index (χ1) is 18.2. The zero-order valence-corrected chi connectivity index (χ0v) is 33.1. The van der Waals surface area contributed by atoms with Crippen molar-refractivity contribution in [2.45, 2.75) is 19.8 Å². The molecule has 2 aromatic rings. The van der Waals surface area contributed by atoms with Crippen molar-refractivity contribution in [3.63, 3.8) is 0 Å². The molecule has 0 aliphatic carbocycles. The first-order valence-electron chi connectivity index (χ1n) is 10.5. The van der Waals surface area contributed by atoms with Crippen LogP contribution in [-0.4, -0.2) is 116 Å². The van der Waals surface area contributed by atoms with Crippen molar-refractivity contribution >= 4 is 117 Å². The number of rotatable bonds is 3. The maximum atomic E-state index is 11.9. The lowest BCUT2D eigenvalue weighted by atomic mass is 10.1. The van der Waals surface area contributed by atoms with E-state index in [-0.39, 0.29) is 105 Å². The number of aliphatic imine (C=N–C) groups is 1. The molecule has 1 aliphatic rings. The second-order valence-corrected chi connectivity index (χ2v) is 4.85. The Balaban J connectivity index is -0.0000000296. The number of hydrogen-bond donors (Lipinski definition) is 9. The van der Waals surface area contributed by atoms with Crippen LogP contribution >= 0.6 is 99.3 Å². The third-order valence-electron chi connectivity index (χ3n) is 3.36. The van der Waals surface area contributed by atoms with Crippen LogP contribution in [0.15, 0.2) is 46.0 Å². The molecule has 0 saturated heterocycles. The Labute approximate surface area is 317 Å². The summed E-state index contributed by atoms with van der Waals surface area (Å²) in [4.78, 5) is 16.3. The number of aliphatic hydroxyl groups is 8. The lowest BCUT2D eigenvalue weighted by Crippen LogP contribution is -2.12. The quantitative estimate of drug-likeness (QED) is 0.160. The van der Waals surface area contributed by atoms with Crippen LogP contribution in [0.2, 0.25) is 0 Å². The number of carbonyl (C=O) groups excluding carboxylic acids is 1. The average Bonchev–Trinajstić information content (AvgIpc) is 3.75. The molecule has 1 aliphatic heterocycles. The molecule has 284 valence electrons. The van der Waals surface area contributed by atoms with Crippen LogP contribution in [0.5, 0.6) is 5.75 Å². The number of amidine groups is 1. The largest absolute Gasteiger partial charge is 0.457 e. The van der Waals surface area contributed by atoms with Gasteiger partial charge in [-0.3, -0.25) is 4.99 Å². The molecule has 2 heterocycles. The highest BCUT2D eigenvalue weighted by atomic mass is 35.5. The van der Waals surface area contributed by atoms with E-state index in [0.717, 1.165) is 93.4 Å². The van der Waals surface area contributed by atoms with Gasteiger partial charge in [-0.25, -0.2) is 4.79 Å². The average molecular weight is 832 g/mol. The lowest BCUT2D eigenvalue weighted by molar-refractivity contribution is 0.0700. The number of hydrogen-bond acceptors (Lipinski definition) is 13. The Morgan fingerprint density at radius 2 is 1.11 bits per heavy atom. The van der Waals surface area contributed by atoms with Gasteiger partial charge in [0, 0.05) is 81.1 Å². The summed E-state index contributed by atoms with van der Waals surface area (Å²) in [5, 5.41) is 59.3. The number of esters is 1. The molecule has 45 heavy (non-hydrogen) atoms. The number of ether oxygens (including phenoxy) is 1. The zero-order valence-electron chi connectivity index (χ0n) is 26.6. The van der Waals surface area contributed by atoms with Crippen LogP contribution in [0.25, 0.3) is 0 Å². The molecule has 21 heteroatoms. The predicted octanol–water partition coefficient (Wildman–Crippen LogP) is 3.65. The molecule has 0 unspecified atom stereocenters. The van der Waals surface area contributed by atoms with Gasteiger partial charge in [-0.1, -0.05) is 6.07 Å². The minimum absolute atomic E-state index is 0. The van der Waals surface area contributed by atoms with Crippen LogP contribution in [0.4, 0.5) is 5.69 Å². The second kappa shape index (κ2) is 84.4. The van der Waals surface area contributed by atoms with E-state index >= 15 is 0 Å². The minimum atomic E-state index is -0.501. The Kier molecular flexibility index (Phi) is 170. The molecule has 1 aromatic carbocycles. The van der Waals surface area contributed by atoms with Gasteiger partial charge >= 0.3 is 5.97 Å². The summed E-state index contributed by atoms with van der Waals surface area (Å²) in [7, 11) is 8.00. The third kappa shape index (κ3) is 48.0. The van der Waals surface area contributed by atoms with Crippen LogP contribution in [0.1, 0.15) is 29.0 Å². The Hall–Kier alpha value is -0.560. The van der Waals surface area contributed by atoms with Gasteiger partial charge in [0.05, 0.1) is 6.26 Å². The molecule has 0 atom stereocenters. The molecule has 9 N–H and O–H groups in total. The van der Waals surface area contributed by atoms with Gasteiger partial charge in [-0.05, 0) is 37.6 Å². The maximum Gasteiger partial charge on any atom is 0.379 e. The Bertz CT molecular complexity index is 726. The topological polar surface area (TPSA) is 226 Å². The van der Waals surface area contributed by atoms with Gasteiger partial charge in [0.1, 0.15) is 11.6 Å². The lowest BCUT2D eigenvalue weighted by Gasteiger charge is -2.12. The normalized spacial score (nSPS) is 7.53. The van der Waals surface area contributed by atoms with Crippen molar-refractivity contribution in [2.24, 2.45) is 4.99 Å². The molecule has 0 spiro atoms. The number of aliphatic hydroxyl groups excluding tert-OH is 8. The summed E-state index contributed by atoms with van der Waals surface area (Å²) >= 11 is 0. The third-order valence-corrected chi connectivity index (χ3v) is 3.36. The fourth-order valence-corrected chi connectivity index (χ4v) is 2.20. The minimum Gasteiger partial charge on any atom is -0.457 e. The molecular formula is C24H56Cl8N2O11. The summed E-state index contributed by atoms with van der Waals surface area (Å²) in [5.74, 6) is 1.18. The highest BCUT2D eigenvalue weighted by Gasteiger charge is 2.15. The maximum absolute atomic E-state index is 11.9. The van der Waals surface area contributed by atoms with Gasteiger partial charge in [0.25, 0.3) is 0 Å². The second-order valence-electron chi connectivity index (χ2n) is 4.85. The molecule has 0 radical (unpaired) electrons. The summed E-state index contributed by atoms with van der Waals surface area (Å²) in [6, 6.07) is 8.78. The molecule has 0 saturated carbocycles. The van der Waals surface area contributed by atoms with Crippen LogP contribution in [-0.2, 0) is 0 Å². The number of anilines is 1. The highest BCUT2D eigenvalue weighted by Crippen LogP contribution is 2.27. The van der Waals surface area contributed by atoms with Crippen molar-refractivity contribution in [1.29, 1.82) is 0 Å². The van der Waals surface area contributed by atoms with Gasteiger partial charge in [-0.2, -0.15) is 0 Å². The first-order valence-corrected chi connectivity index (χ1v) is 10.5. The van der Waals surface area contributed by atoms with E-state index in [1.165, 1.54) is 6.26 Å². The van der Waals surface area contributed by atoms with Gasteiger partial charge in [0.15, 0.2) is 0 Å². The van der Waals surface area contributed by atoms with E-state index in [1.807, 2.05) is 19.1 Å². The van der Waals surface area contributed by atoms with Crippen molar-refractivity contribution < 1.29 is 54.8 Å². The van der Waals surface area contributed by atoms with E-state index in [1.54, 1.807) is 18.2 Å². The van der Waals surface area contributed by atoms with Crippen molar-refractivity contribution in [3.05, 3.63) is 47.9 Å². The van der Waals surface area contributed by atoms with Crippen molar-refractivity contribution in [2.75, 3.05) is 68.7 Å².